The molecule has 234 valence electrons. The average Bonchev–Trinajstić information content (AvgIpc) is 3.75. The summed E-state index contributed by atoms with van der Waals surface area (Å²) in [6, 6.07) is 13.1. The van der Waals surface area contributed by atoms with Crippen molar-refractivity contribution in [2.24, 2.45) is 0 Å². The van der Waals surface area contributed by atoms with Gasteiger partial charge < -0.3 is 24.3 Å². The molecule has 0 aliphatic carbocycles. The van der Waals surface area contributed by atoms with Crippen molar-refractivity contribution in [3.05, 3.63) is 65.3 Å². The quantitative estimate of drug-likeness (QED) is 0.314. The maximum Gasteiger partial charge on any atom is 0.346 e. The number of amides is 1. The standard InChI is InChI=1S/C33H38ClN9O2/c1-39-14-4-8-24(39)19-45-31-37-27-18-40(28-10-3-7-23-6-2-9-26(34)29(23)28)16-11-25(27)30(38-31)41-15-5-12-33(20-41)13-17-42(33)32(44)43-22-35-21-36-43/h2-3,6-7,9-10,21-22,24H,4-5,8,11-20H2,1H3/t24-,33+/m0/s1. The number of hydrogen-bond donors (Lipinski definition) is 0. The first kappa shape index (κ1) is 28.5. The molecule has 1 spiro atoms. The summed E-state index contributed by atoms with van der Waals surface area (Å²) >= 11 is 6.74. The van der Waals surface area contributed by atoms with E-state index in [0.29, 0.717) is 25.2 Å². The Morgan fingerprint density at radius 2 is 1.93 bits per heavy atom. The van der Waals surface area contributed by atoms with Gasteiger partial charge in [-0.2, -0.15) is 19.7 Å². The Labute approximate surface area is 267 Å². The SMILES string of the molecule is CN1CCC[C@H]1COc1nc2c(c(N3CCC[C@@]4(CCN4C(=O)n4cncn4)C3)n1)CCN(c1cccc3cccc(Cl)c13)C2. The third kappa shape index (κ3) is 5.06. The number of anilines is 2. The number of rotatable bonds is 5. The largest absolute Gasteiger partial charge is 0.462 e. The van der Waals surface area contributed by atoms with Crippen molar-refractivity contribution in [3.8, 4) is 6.01 Å². The topological polar surface area (TPSA) is 95.8 Å². The van der Waals surface area contributed by atoms with Gasteiger partial charge in [-0.25, -0.2) is 9.78 Å². The smallest absolute Gasteiger partial charge is 0.346 e. The minimum atomic E-state index is -0.243. The van der Waals surface area contributed by atoms with E-state index in [4.69, 9.17) is 26.3 Å². The van der Waals surface area contributed by atoms with Crippen molar-refractivity contribution in [1.29, 1.82) is 0 Å². The van der Waals surface area contributed by atoms with Gasteiger partial charge in [0.2, 0.25) is 0 Å². The predicted molar refractivity (Wildman–Crippen MR) is 173 cm³/mol. The van der Waals surface area contributed by atoms with Crippen molar-refractivity contribution in [2.45, 2.75) is 56.7 Å². The minimum Gasteiger partial charge on any atom is -0.462 e. The molecule has 3 saturated heterocycles. The van der Waals surface area contributed by atoms with Crippen LogP contribution in [0.2, 0.25) is 5.02 Å². The van der Waals surface area contributed by atoms with Gasteiger partial charge in [-0.15, -0.1) is 0 Å². The number of piperidine rings is 1. The van der Waals surface area contributed by atoms with Crippen molar-refractivity contribution in [3.63, 3.8) is 0 Å². The van der Waals surface area contributed by atoms with Crippen LogP contribution in [-0.4, -0.2) is 98.5 Å². The summed E-state index contributed by atoms with van der Waals surface area (Å²) in [7, 11) is 2.16. The summed E-state index contributed by atoms with van der Waals surface area (Å²) < 4.78 is 7.72. The van der Waals surface area contributed by atoms with Crippen molar-refractivity contribution < 1.29 is 9.53 Å². The molecule has 45 heavy (non-hydrogen) atoms. The lowest BCUT2D eigenvalue weighted by atomic mass is 9.77. The van der Waals surface area contributed by atoms with Crippen LogP contribution < -0.4 is 14.5 Å². The van der Waals surface area contributed by atoms with E-state index in [-0.39, 0.29) is 11.6 Å². The van der Waals surface area contributed by atoms with Crippen molar-refractivity contribution in [1.82, 2.24) is 34.5 Å². The van der Waals surface area contributed by atoms with Crippen molar-refractivity contribution in [2.75, 3.05) is 56.2 Å². The molecule has 0 N–H and O–H groups in total. The highest BCUT2D eigenvalue weighted by molar-refractivity contribution is 6.36. The Hall–Kier alpha value is -3.96. The second kappa shape index (κ2) is 11.4. The highest BCUT2D eigenvalue weighted by atomic mass is 35.5. The van der Waals surface area contributed by atoms with Crippen LogP contribution >= 0.6 is 11.6 Å². The molecular weight excluding hydrogens is 590 g/mol. The molecule has 12 heteroatoms. The van der Waals surface area contributed by atoms with Gasteiger partial charge in [0.05, 0.1) is 22.8 Å². The van der Waals surface area contributed by atoms with Gasteiger partial charge in [0.15, 0.2) is 0 Å². The molecule has 2 aromatic carbocycles. The molecule has 2 atom stereocenters. The fourth-order valence-electron chi connectivity index (χ4n) is 7.81. The summed E-state index contributed by atoms with van der Waals surface area (Å²) in [5, 5.41) is 7.06. The van der Waals surface area contributed by atoms with Crippen LogP contribution in [-0.2, 0) is 13.0 Å². The molecule has 6 heterocycles. The number of nitrogens with zero attached hydrogens (tertiary/aromatic N) is 9. The Balaban J connectivity index is 1.12. The van der Waals surface area contributed by atoms with Crippen LogP contribution in [0.4, 0.5) is 16.3 Å². The number of carbonyl (C=O) groups excluding carboxylic acids is 1. The zero-order valence-corrected chi connectivity index (χ0v) is 26.4. The number of ether oxygens (including phenoxy) is 1. The maximum atomic E-state index is 13.3. The highest BCUT2D eigenvalue weighted by Gasteiger charge is 2.51. The van der Waals surface area contributed by atoms with E-state index in [0.717, 1.165) is 97.8 Å². The number of carbonyl (C=O) groups is 1. The zero-order chi connectivity index (χ0) is 30.5. The average molecular weight is 628 g/mol. The van der Waals surface area contributed by atoms with Crippen LogP contribution in [0.25, 0.3) is 10.8 Å². The van der Waals surface area contributed by atoms with Gasteiger partial charge >= 0.3 is 12.0 Å². The lowest BCUT2D eigenvalue weighted by molar-refractivity contribution is 0.0116. The van der Waals surface area contributed by atoms with Crippen LogP contribution in [0.5, 0.6) is 6.01 Å². The van der Waals surface area contributed by atoms with Crippen LogP contribution in [0.1, 0.15) is 43.4 Å². The van der Waals surface area contributed by atoms with Crippen LogP contribution in [0.3, 0.4) is 0 Å². The third-order valence-corrected chi connectivity index (χ3v) is 10.7. The number of hydrogen-bond acceptors (Lipinski definition) is 9. The molecule has 4 aromatic rings. The van der Waals surface area contributed by atoms with E-state index < -0.39 is 0 Å². The first-order valence-electron chi connectivity index (χ1n) is 16.1. The van der Waals surface area contributed by atoms with Gasteiger partial charge in [0, 0.05) is 48.9 Å². The summed E-state index contributed by atoms with van der Waals surface area (Å²) in [4.78, 5) is 36.5. The minimum absolute atomic E-state index is 0.112. The molecule has 2 aromatic heterocycles. The molecule has 0 unspecified atom stereocenters. The van der Waals surface area contributed by atoms with Gasteiger partial charge in [0.25, 0.3) is 0 Å². The van der Waals surface area contributed by atoms with Gasteiger partial charge in [-0.1, -0.05) is 35.9 Å². The third-order valence-electron chi connectivity index (χ3n) is 10.3. The molecular formula is C33H38ClN9O2. The van der Waals surface area contributed by atoms with E-state index in [9.17, 15) is 4.79 Å². The molecule has 4 aliphatic rings. The first-order valence-corrected chi connectivity index (χ1v) is 16.4. The first-order chi connectivity index (χ1) is 22.0. The number of fused-ring (bicyclic) bond motifs is 2. The molecule has 1 amide bonds. The van der Waals surface area contributed by atoms with Crippen molar-refractivity contribution >= 4 is 39.9 Å². The van der Waals surface area contributed by atoms with E-state index in [1.54, 1.807) is 0 Å². The summed E-state index contributed by atoms with van der Waals surface area (Å²) in [6.45, 7) is 5.46. The van der Waals surface area contributed by atoms with Crippen LogP contribution in [0.15, 0.2) is 49.1 Å². The molecule has 0 radical (unpaired) electrons. The molecule has 0 saturated carbocycles. The fourth-order valence-corrected chi connectivity index (χ4v) is 8.09. The number of halogens is 1. The normalized spacial score (nSPS) is 23.4. The fraction of sp³-hybridized carbons (Fsp3) is 0.485. The zero-order valence-electron chi connectivity index (χ0n) is 25.6. The highest BCUT2D eigenvalue weighted by Crippen LogP contribution is 2.42. The number of benzene rings is 2. The number of aromatic nitrogens is 5. The predicted octanol–water partition coefficient (Wildman–Crippen LogP) is 4.62. The molecule has 3 fully saturated rings. The summed E-state index contributed by atoms with van der Waals surface area (Å²) in [5.74, 6) is 0.949. The molecule has 8 rings (SSSR count). The van der Waals surface area contributed by atoms with Crippen LogP contribution in [0, 0.1) is 0 Å². The number of likely N-dealkylation sites (tertiary alicyclic amines) is 2. The number of likely N-dealkylation sites (N-methyl/N-ethyl adjacent to an activating group) is 1. The molecule has 4 aliphatic heterocycles. The Morgan fingerprint density at radius 3 is 2.71 bits per heavy atom. The second-order valence-corrected chi connectivity index (χ2v) is 13.3. The summed E-state index contributed by atoms with van der Waals surface area (Å²) in [6.07, 6.45) is 8.90. The Kier molecular flexibility index (Phi) is 7.25. The lowest BCUT2D eigenvalue weighted by Gasteiger charge is -2.56. The van der Waals surface area contributed by atoms with E-state index in [1.165, 1.54) is 29.3 Å². The van der Waals surface area contributed by atoms with Gasteiger partial charge in [-0.3, -0.25) is 0 Å². The maximum absolute atomic E-state index is 13.3. The summed E-state index contributed by atoms with van der Waals surface area (Å²) in [5.41, 5.74) is 3.04. The second-order valence-electron chi connectivity index (χ2n) is 12.9. The monoisotopic (exact) mass is 627 g/mol. The Morgan fingerprint density at radius 1 is 1.04 bits per heavy atom. The molecule has 11 nitrogen and oxygen atoms in total. The lowest BCUT2D eigenvalue weighted by Crippen LogP contribution is -2.69. The van der Waals surface area contributed by atoms with E-state index in [1.807, 2.05) is 17.0 Å². The van der Waals surface area contributed by atoms with E-state index >= 15 is 0 Å². The van der Waals surface area contributed by atoms with Gasteiger partial charge in [0.1, 0.15) is 25.1 Å². The van der Waals surface area contributed by atoms with Gasteiger partial charge in [-0.05, 0) is 69.6 Å². The Bertz CT molecular complexity index is 1730. The van der Waals surface area contributed by atoms with E-state index in [2.05, 4.69) is 56.1 Å². The molecule has 0 bridgehead atoms.